The quantitative estimate of drug-likeness (QED) is 0.0966. The molecule has 0 unspecified atom stereocenters. The van der Waals surface area contributed by atoms with E-state index in [0.717, 1.165) is 68.4 Å². The third kappa shape index (κ3) is 10.5. The number of nitro groups is 1. The molecule has 3 N–H and O–H groups in total. The van der Waals surface area contributed by atoms with Gasteiger partial charge in [0.05, 0.1) is 10.4 Å². The number of carbonyl (C=O) groups is 2. The Hall–Kier alpha value is -5.59. The minimum Gasteiger partial charge on any atom is -0.502 e. The molecule has 3 amide bonds. The number of hydrogen-bond donors (Lipinski definition) is 3. The number of aromatic amines is 1. The molecule has 6 rings (SSSR count). The summed E-state index contributed by atoms with van der Waals surface area (Å²) in [5.41, 5.74) is 4.64. The van der Waals surface area contributed by atoms with Gasteiger partial charge in [-0.25, -0.2) is 14.4 Å². The number of aryl methyl sites for hydroxylation is 1. The van der Waals surface area contributed by atoms with Crippen LogP contribution in [0, 0.1) is 10.1 Å². The number of fused-ring (bicyclic) bond motifs is 1. The van der Waals surface area contributed by atoms with Gasteiger partial charge in [0.2, 0.25) is 0 Å². The highest BCUT2D eigenvalue weighted by atomic mass is 16.6. The average molecular weight is 714 g/mol. The van der Waals surface area contributed by atoms with Gasteiger partial charge in [-0.05, 0) is 112 Å². The fraction of sp³-hybridized carbons (Fsp3) is 0.410. The molecule has 2 aliphatic heterocycles. The Morgan fingerprint density at radius 3 is 2.42 bits per heavy atom. The van der Waals surface area contributed by atoms with E-state index in [2.05, 4.69) is 34.6 Å². The maximum Gasteiger partial charge on any atom is 0.417 e. The number of nitro benzene ring substituents is 1. The summed E-state index contributed by atoms with van der Waals surface area (Å²) in [5.74, 6) is -0.398. The number of piperidine rings is 1. The van der Waals surface area contributed by atoms with E-state index in [0.29, 0.717) is 31.0 Å². The molecule has 2 aliphatic rings. The molecule has 0 radical (unpaired) electrons. The number of phenolic OH excluding ortho intramolecular Hbond substituents is 1. The highest BCUT2D eigenvalue weighted by Gasteiger charge is 2.26. The van der Waals surface area contributed by atoms with Gasteiger partial charge < -0.3 is 29.4 Å². The number of rotatable bonds is 8. The number of unbranched alkanes of at least 4 members (excludes halogenated alkanes) is 1. The van der Waals surface area contributed by atoms with Gasteiger partial charge in [-0.1, -0.05) is 42.5 Å². The van der Waals surface area contributed by atoms with Crippen LogP contribution >= 0.6 is 0 Å². The second-order valence-electron chi connectivity index (χ2n) is 14.1. The van der Waals surface area contributed by atoms with E-state index in [4.69, 9.17) is 9.15 Å². The molecule has 13 heteroatoms. The molecule has 1 aromatic heterocycles. The van der Waals surface area contributed by atoms with Crippen molar-refractivity contribution in [1.82, 2.24) is 20.1 Å². The number of aromatic nitrogens is 1. The first kappa shape index (κ1) is 37.7. The number of urea groups is 1. The van der Waals surface area contributed by atoms with Crippen LogP contribution in [0.25, 0.3) is 16.7 Å². The number of likely N-dealkylation sites (tertiary alicyclic amines) is 1. The van der Waals surface area contributed by atoms with E-state index in [1.54, 1.807) is 11.0 Å². The Balaban J connectivity index is 0.000000207. The summed E-state index contributed by atoms with van der Waals surface area (Å²) in [5, 5.41) is 23.5. The number of nitrogens with one attached hydrogen (secondary N) is 2. The third-order valence-electron chi connectivity index (χ3n) is 9.11. The van der Waals surface area contributed by atoms with Crippen molar-refractivity contribution < 1.29 is 28.8 Å². The molecule has 4 aromatic rings. The highest BCUT2D eigenvalue weighted by molar-refractivity contribution is 5.75. The van der Waals surface area contributed by atoms with Crippen LogP contribution < -0.4 is 11.1 Å². The molecule has 52 heavy (non-hydrogen) atoms. The van der Waals surface area contributed by atoms with Gasteiger partial charge >= 0.3 is 23.6 Å². The highest BCUT2D eigenvalue weighted by Crippen LogP contribution is 2.32. The number of amides is 3. The van der Waals surface area contributed by atoms with Crippen molar-refractivity contribution in [3.05, 3.63) is 110 Å². The Morgan fingerprint density at radius 2 is 1.77 bits per heavy atom. The molecule has 276 valence electrons. The SMILES string of the molecule is CC(C)(C)OC(=O)N1CC=C(c2ccc([N+](=O)[O-])c(O)c2)CC1.O=C(NCCCCc1ccccc1)N1CCC(c2ccc3[nH]c(=O)oc3c2)CC1. The van der Waals surface area contributed by atoms with Crippen LogP contribution in [0.3, 0.4) is 0 Å². The van der Waals surface area contributed by atoms with Gasteiger partial charge in [0.1, 0.15) is 5.60 Å². The Bertz CT molecular complexity index is 1940. The Kier molecular flexibility index (Phi) is 12.4. The summed E-state index contributed by atoms with van der Waals surface area (Å²) in [6.45, 7) is 8.56. The fourth-order valence-corrected chi connectivity index (χ4v) is 6.34. The van der Waals surface area contributed by atoms with Crippen LogP contribution in [-0.4, -0.2) is 75.3 Å². The van der Waals surface area contributed by atoms with Gasteiger partial charge in [0, 0.05) is 38.8 Å². The summed E-state index contributed by atoms with van der Waals surface area (Å²) >= 11 is 0. The molecule has 1 fully saturated rings. The summed E-state index contributed by atoms with van der Waals surface area (Å²) < 4.78 is 10.5. The third-order valence-corrected chi connectivity index (χ3v) is 9.11. The zero-order chi connectivity index (χ0) is 37.3. The molecule has 0 atom stereocenters. The predicted molar refractivity (Wildman–Crippen MR) is 198 cm³/mol. The largest absolute Gasteiger partial charge is 0.502 e. The van der Waals surface area contributed by atoms with Crippen molar-refractivity contribution in [1.29, 1.82) is 0 Å². The minimum absolute atomic E-state index is 0.0373. The van der Waals surface area contributed by atoms with E-state index in [1.165, 1.54) is 23.3 Å². The van der Waals surface area contributed by atoms with E-state index in [-0.39, 0.29) is 23.6 Å². The normalized spacial score (nSPS) is 15.0. The maximum absolute atomic E-state index is 12.4. The molecule has 0 aliphatic carbocycles. The van der Waals surface area contributed by atoms with E-state index in [1.807, 2.05) is 56.0 Å². The molecule has 0 saturated carbocycles. The number of H-pyrrole nitrogens is 1. The number of oxazole rings is 1. The van der Waals surface area contributed by atoms with Crippen molar-refractivity contribution in [3.63, 3.8) is 0 Å². The van der Waals surface area contributed by atoms with Crippen molar-refractivity contribution in [3.8, 4) is 5.75 Å². The molecular weight excluding hydrogens is 666 g/mol. The van der Waals surface area contributed by atoms with Gasteiger partial charge in [-0.2, -0.15) is 0 Å². The van der Waals surface area contributed by atoms with Gasteiger partial charge in [-0.3, -0.25) is 15.1 Å². The van der Waals surface area contributed by atoms with E-state index < -0.39 is 16.3 Å². The van der Waals surface area contributed by atoms with E-state index >= 15 is 0 Å². The van der Waals surface area contributed by atoms with E-state index in [9.17, 15) is 29.6 Å². The number of hydrogen-bond acceptors (Lipinski definition) is 8. The average Bonchev–Trinajstić information content (AvgIpc) is 3.50. The van der Waals surface area contributed by atoms with Crippen molar-refractivity contribution >= 4 is 34.5 Å². The topological polar surface area (TPSA) is 171 Å². The van der Waals surface area contributed by atoms with Gasteiger partial charge in [-0.15, -0.1) is 0 Å². The Morgan fingerprint density at radius 1 is 1.02 bits per heavy atom. The summed E-state index contributed by atoms with van der Waals surface area (Å²) in [4.78, 5) is 52.0. The minimum atomic E-state index is -0.626. The van der Waals surface area contributed by atoms with Crippen molar-refractivity contribution in [2.24, 2.45) is 0 Å². The lowest BCUT2D eigenvalue weighted by Crippen LogP contribution is -2.44. The Labute approximate surface area is 302 Å². The number of ether oxygens (including phenoxy) is 1. The second-order valence-corrected chi connectivity index (χ2v) is 14.1. The standard InChI is InChI=1S/C23H27N3O3.C16H20N2O5/c27-22(24-13-5-4-8-17-6-2-1-3-7-17)26-14-11-18(12-15-26)19-9-10-20-21(16-19)29-23(28)25-20;1-16(2,3)23-15(20)17-8-6-11(7-9-17)12-4-5-13(18(21)22)14(19)10-12/h1-3,6-7,9-10,16,18H,4-5,8,11-15H2,(H,24,27)(H,25,28);4-6,10,19H,7-9H2,1-3H3. The summed E-state index contributed by atoms with van der Waals surface area (Å²) in [7, 11) is 0. The van der Waals surface area contributed by atoms with Crippen LogP contribution in [0.5, 0.6) is 5.75 Å². The molecular formula is C39H47N5O8. The second kappa shape index (κ2) is 17.1. The molecule has 0 bridgehead atoms. The fourth-order valence-electron chi connectivity index (χ4n) is 6.34. The number of benzene rings is 3. The van der Waals surface area contributed by atoms with Crippen LogP contribution in [0.15, 0.2) is 82.0 Å². The van der Waals surface area contributed by atoms with Crippen LogP contribution in [0.1, 0.15) is 75.5 Å². The molecule has 3 heterocycles. The van der Waals surface area contributed by atoms with Gasteiger partial charge in [0.25, 0.3) is 0 Å². The first-order chi connectivity index (χ1) is 24.9. The molecule has 13 nitrogen and oxygen atoms in total. The van der Waals surface area contributed by atoms with Crippen molar-refractivity contribution in [2.45, 2.75) is 70.8 Å². The zero-order valence-corrected chi connectivity index (χ0v) is 29.9. The smallest absolute Gasteiger partial charge is 0.417 e. The summed E-state index contributed by atoms with van der Waals surface area (Å²) in [6.07, 6.45) is 7.05. The van der Waals surface area contributed by atoms with Gasteiger partial charge in [0.15, 0.2) is 11.3 Å². The van der Waals surface area contributed by atoms with Crippen molar-refractivity contribution in [2.75, 3.05) is 32.7 Å². The predicted octanol–water partition coefficient (Wildman–Crippen LogP) is 7.36. The lowest BCUT2D eigenvalue weighted by Gasteiger charge is -2.32. The number of aromatic hydroxyl groups is 1. The lowest BCUT2D eigenvalue weighted by atomic mass is 9.89. The number of nitrogens with zero attached hydrogens (tertiary/aromatic N) is 3. The molecule has 0 spiro atoms. The van der Waals surface area contributed by atoms with Crippen LogP contribution in [-0.2, 0) is 11.2 Å². The number of phenols is 1. The zero-order valence-electron chi connectivity index (χ0n) is 29.9. The molecule has 1 saturated heterocycles. The number of carbonyl (C=O) groups excluding carboxylic acids is 2. The van der Waals surface area contributed by atoms with Crippen LogP contribution in [0.2, 0.25) is 0 Å². The monoisotopic (exact) mass is 713 g/mol. The first-order valence-corrected chi connectivity index (χ1v) is 17.7. The maximum atomic E-state index is 12.4. The van der Waals surface area contributed by atoms with Crippen LogP contribution in [0.4, 0.5) is 15.3 Å². The molecule has 3 aromatic carbocycles. The first-order valence-electron chi connectivity index (χ1n) is 17.7. The summed E-state index contributed by atoms with van der Waals surface area (Å²) in [6, 6.07) is 20.6. The lowest BCUT2D eigenvalue weighted by molar-refractivity contribution is -0.385.